The van der Waals surface area contributed by atoms with Gasteiger partial charge in [0.05, 0.1) is 29.1 Å². The summed E-state index contributed by atoms with van der Waals surface area (Å²) in [6, 6.07) is 6.96. The Morgan fingerprint density at radius 1 is 1.06 bits per heavy atom. The van der Waals surface area contributed by atoms with Crippen LogP contribution in [-0.4, -0.2) is 84.1 Å². The SMILES string of the molecule is COC(=O)N(C)NC(=O)c1cc(I)cc(C)c1NC(=O)c1cc(Cn2nnc(C(F)(F)C(F)(F)C(F)(F)F)n2)nn1-c1ncccc1Cl. The van der Waals surface area contributed by atoms with Gasteiger partial charge in [0.1, 0.15) is 12.2 Å². The van der Waals surface area contributed by atoms with Crippen LogP contribution in [0.3, 0.4) is 0 Å². The number of benzene rings is 1. The number of carbonyl (C=O) groups is 3. The Labute approximate surface area is 282 Å². The summed E-state index contributed by atoms with van der Waals surface area (Å²) in [6.45, 7) is 0.817. The first-order valence-electron chi connectivity index (χ1n) is 12.8. The monoisotopic (exact) mass is 818 g/mol. The van der Waals surface area contributed by atoms with Crippen molar-refractivity contribution in [3.63, 3.8) is 0 Å². The zero-order valence-corrected chi connectivity index (χ0v) is 27.2. The number of nitrogens with one attached hydrogen (secondary N) is 2. The smallest absolute Gasteiger partial charge is 0.452 e. The highest BCUT2D eigenvalue weighted by Crippen LogP contribution is 2.50. The molecule has 2 N–H and O–H groups in total. The maximum absolute atomic E-state index is 14.1. The van der Waals surface area contributed by atoms with Gasteiger partial charge in [-0.05, 0) is 70.6 Å². The van der Waals surface area contributed by atoms with Crippen LogP contribution in [0, 0.1) is 10.5 Å². The lowest BCUT2D eigenvalue weighted by molar-refractivity contribution is -0.361. The Morgan fingerprint density at radius 3 is 2.38 bits per heavy atom. The summed E-state index contributed by atoms with van der Waals surface area (Å²) in [7, 11) is 2.31. The molecular formula is C25H19ClF7IN10O4. The van der Waals surface area contributed by atoms with Gasteiger partial charge in [0.15, 0.2) is 5.82 Å². The topological polar surface area (TPSA) is 162 Å². The highest BCUT2D eigenvalue weighted by atomic mass is 127. The fourth-order valence-corrected chi connectivity index (χ4v) is 4.90. The molecule has 1 aromatic carbocycles. The van der Waals surface area contributed by atoms with Crippen molar-refractivity contribution < 1.29 is 49.9 Å². The minimum Gasteiger partial charge on any atom is -0.452 e. The number of anilines is 1. The van der Waals surface area contributed by atoms with E-state index in [1.807, 2.05) is 22.6 Å². The molecule has 0 unspecified atom stereocenters. The number of aryl methyl sites for hydroxylation is 1. The lowest BCUT2D eigenvalue weighted by Gasteiger charge is -2.25. The first kappa shape index (κ1) is 36.2. The van der Waals surface area contributed by atoms with Crippen molar-refractivity contribution in [2.24, 2.45) is 0 Å². The fourth-order valence-electron chi connectivity index (χ4n) is 3.92. The van der Waals surface area contributed by atoms with Crippen molar-refractivity contribution in [2.75, 3.05) is 19.5 Å². The van der Waals surface area contributed by atoms with E-state index in [1.54, 1.807) is 13.0 Å². The number of nitrogens with zero attached hydrogens (tertiary/aromatic N) is 8. The number of rotatable bonds is 8. The van der Waals surface area contributed by atoms with Gasteiger partial charge in [-0.3, -0.25) is 15.0 Å². The van der Waals surface area contributed by atoms with Crippen molar-refractivity contribution in [1.82, 2.24) is 45.4 Å². The first-order valence-corrected chi connectivity index (χ1v) is 14.3. The minimum absolute atomic E-state index is 0.00647. The molecule has 0 spiro atoms. The van der Waals surface area contributed by atoms with Crippen molar-refractivity contribution in [1.29, 1.82) is 0 Å². The lowest BCUT2D eigenvalue weighted by Crippen LogP contribution is -2.50. The van der Waals surface area contributed by atoms with Gasteiger partial charge in [-0.1, -0.05) is 11.6 Å². The average Bonchev–Trinajstić information content (AvgIpc) is 3.65. The quantitative estimate of drug-likeness (QED) is 0.145. The molecule has 4 rings (SSSR count). The second kappa shape index (κ2) is 13.5. The normalized spacial score (nSPS) is 12.1. The van der Waals surface area contributed by atoms with Crippen LogP contribution in [0.4, 0.5) is 41.2 Å². The van der Waals surface area contributed by atoms with E-state index in [1.165, 1.54) is 31.4 Å². The molecule has 0 saturated heterocycles. The molecule has 0 atom stereocenters. The Morgan fingerprint density at radius 2 is 1.75 bits per heavy atom. The van der Waals surface area contributed by atoms with Gasteiger partial charge in [0.2, 0.25) is 0 Å². The molecule has 0 aliphatic rings. The molecule has 0 saturated carbocycles. The highest BCUT2D eigenvalue weighted by Gasteiger charge is 2.75. The zero-order chi connectivity index (χ0) is 35.8. The second-order valence-corrected chi connectivity index (χ2v) is 11.3. The van der Waals surface area contributed by atoms with Crippen LogP contribution in [-0.2, 0) is 17.2 Å². The number of hydrazine groups is 1. The second-order valence-electron chi connectivity index (χ2n) is 9.60. The van der Waals surface area contributed by atoms with E-state index in [0.29, 0.717) is 9.13 Å². The van der Waals surface area contributed by atoms with Crippen LogP contribution in [0.1, 0.15) is 37.9 Å². The lowest BCUT2D eigenvalue weighted by atomic mass is 10.1. The number of tetrazole rings is 1. The first-order chi connectivity index (χ1) is 22.3. The van der Waals surface area contributed by atoms with Crippen LogP contribution >= 0.6 is 34.2 Å². The fraction of sp³-hybridized carbons (Fsp3) is 0.280. The van der Waals surface area contributed by atoms with Crippen LogP contribution in [0.15, 0.2) is 36.5 Å². The van der Waals surface area contributed by atoms with Gasteiger partial charge in [0, 0.05) is 16.8 Å². The Kier molecular flexibility index (Phi) is 10.2. The number of alkyl halides is 7. The van der Waals surface area contributed by atoms with E-state index in [0.717, 1.165) is 22.9 Å². The zero-order valence-electron chi connectivity index (χ0n) is 24.3. The molecule has 3 amide bonds. The molecule has 3 aromatic heterocycles. The summed E-state index contributed by atoms with van der Waals surface area (Å²) in [5.74, 6) is -16.5. The number of hydrogen-bond donors (Lipinski definition) is 2. The van der Waals surface area contributed by atoms with Gasteiger partial charge in [-0.15, -0.1) is 10.2 Å². The molecule has 3 heterocycles. The summed E-state index contributed by atoms with van der Waals surface area (Å²) >= 11 is 8.18. The third-order valence-corrected chi connectivity index (χ3v) is 7.14. The largest absolute Gasteiger partial charge is 0.460 e. The number of ether oxygens (including phenoxy) is 1. The molecular weight excluding hydrogens is 800 g/mol. The van der Waals surface area contributed by atoms with Gasteiger partial charge < -0.3 is 10.1 Å². The number of halogens is 9. The van der Waals surface area contributed by atoms with Gasteiger partial charge in [0.25, 0.3) is 17.6 Å². The number of amides is 3. The van der Waals surface area contributed by atoms with E-state index in [4.69, 9.17) is 11.6 Å². The third-order valence-electron chi connectivity index (χ3n) is 6.22. The van der Waals surface area contributed by atoms with Gasteiger partial charge >= 0.3 is 24.1 Å². The maximum Gasteiger partial charge on any atom is 0.460 e. The summed E-state index contributed by atoms with van der Waals surface area (Å²) in [6.07, 6.45) is -6.23. The Hall–Kier alpha value is -4.61. The number of pyridine rings is 1. The molecule has 14 nitrogen and oxygen atoms in total. The average molecular weight is 819 g/mol. The van der Waals surface area contributed by atoms with Crippen molar-refractivity contribution >= 4 is 57.8 Å². The Balaban J connectivity index is 1.72. The minimum atomic E-state index is -6.63. The van der Waals surface area contributed by atoms with Gasteiger partial charge in [-0.2, -0.15) is 40.6 Å². The maximum atomic E-state index is 14.1. The number of aromatic nitrogens is 7. The molecule has 0 bridgehead atoms. The summed E-state index contributed by atoms with van der Waals surface area (Å²) in [5.41, 5.74) is 2.07. The van der Waals surface area contributed by atoms with E-state index in [2.05, 4.69) is 41.0 Å². The van der Waals surface area contributed by atoms with Crippen molar-refractivity contribution in [2.45, 2.75) is 31.5 Å². The predicted molar refractivity (Wildman–Crippen MR) is 158 cm³/mol. The molecule has 4 aromatic rings. The van der Waals surface area contributed by atoms with E-state index >= 15 is 0 Å². The predicted octanol–water partition coefficient (Wildman–Crippen LogP) is 4.75. The highest BCUT2D eigenvalue weighted by molar-refractivity contribution is 14.1. The standard InChI is InChI=1S/C25H19ClF7IN10O4/c1-11-7-12(34)8-14(19(45)39-42(2)22(47)48-3)17(11)36-20(46)16-9-13(38-44(16)18-15(26)5-4-6-35-18)10-43-40-21(37-41-43)23(27,28)24(29,30)25(31,32)33/h4-9H,10H2,1-3H3,(H,36,46)(H,39,45). The van der Waals surface area contributed by atoms with Crippen molar-refractivity contribution in [3.8, 4) is 5.82 Å². The van der Waals surface area contributed by atoms with E-state index in [-0.39, 0.29) is 38.3 Å². The molecule has 0 fully saturated rings. The summed E-state index contributed by atoms with van der Waals surface area (Å²) in [4.78, 5) is 42.9. The van der Waals surface area contributed by atoms with Crippen molar-refractivity contribution in [3.05, 3.63) is 73.5 Å². The molecule has 48 heavy (non-hydrogen) atoms. The summed E-state index contributed by atoms with van der Waals surface area (Å²) in [5, 5.41) is 16.2. The molecule has 23 heteroatoms. The van der Waals surface area contributed by atoms with Crippen LogP contribution in [0.2, 0.25) is 5.02 Å². The van der Waals surface area contributed by atoms with Crippen LogP contribution < -0.4 is 10.7 Å². The molecule has 0 aliphatic carbocycles. The Bertz CT molecular complexity index is 1890. The van der Waals surface area contributed by atoms with Crippen LogP contribution in [0.5, 0.6) is 0 Å². The van der Waals surface area contributed by atoms with Gasteiger partial charge in [-0.25, -0.2) is 19.5 Å². The number of carbonyl (C=O) groups excluding carboxylic acids is 3. The summed E-state index contributed by atoms with van der Waals surface area (Å²) < 4.78 is 99.2. The number of hydrogen-bond acceptors (Lipinski definition) is 9. The van der Waals surface area contributed by atoms with E-state index < -0.39 is 48.3 Å². The number of methoxy groups -OCH3 is 1. The van der Waals surface area contributed by atoms with Crippen LogP contribution in [0.25, 0.3) is 5.82 Å². The molecule has 0 aliphatic heterocycles. The van der Waals surface area contributed by atoms with E-state index in [9.17, 15) is 45.1 Å². The molecule has 256 valence electrons. The molecule has 0 radical (unpaired) electrons. The third kappa shape index (κ3) is 7.12.